The van der Waals surface area contributed by atoms with Crippen molar-refractivity contribution < 1.29 is 17.6 Å². The Balaban J connectivity index is 2.85. The van der Waals surface area contributed by atoms with Crippen LogP contribution in [0.3, 0.4) is 0 Å². The van der Waals surface area contributed by atoms with Gasteiger partial charge in [0.25, 0.3) is 0 Å². The van der Waals surface area contributed by atoms with Crippen LogP contribution < -0.4 is 0 Å². The summed E-state index contributed by atoms with van der Waals surface area (Å²) in [4.78, 5) is 0. The molecule has 0 N–H and O–H groups in total. The summed E-state index contributed by atoms with van der Waals surface area (Å²) in [5, 5.41) is 0. The van der Waals surface area contributed by atoms with E-state index in [0.29, 0.717) is 0 Å². The molecule has 0 heterocycles. The highest BCUT2D eigenvalue weighted by Gasteiger charge is 2.30. The van der Waals surface area contributed by atoms with Gasteiger partial charge in [0.1, 0.15) is 6.17 Å². The second kappa shape index (κ2) is 4.47. The van der Waals surface area contributed by atoms with Gasteiger partial charge in [0.05, 0.1) is 5.56 Å². The van der Waals surface area contributed by atoms with Gasteiger partial charge in [-0.2, -0.15) is 13.2 Å². The van der Waals surface area contributed by atoms with Crippen LogP contribution in [-0.4, -0.2) is 0 Å². The topological polar surface area (TPSA) is 0 Å². The molecule has 1 aromatic rings. The predicted molar refractivity (Wildman–Crippen MR) is 50.1 cm³/mol. The minimum Gasteiger partial charge on any atom is -0.242 e. The quantitative estimate of drug-likeness (QED) is 0.524. The average molecular weight is 218 g/mol. The molecule has 1 rings (SSSR count). The number of benzene rings is 1. The van der Waals surface area contributed by atoms with Gasteiger partial charge in [-0.25, -0.2) is 4.39 Å². The van der Waals surface area contributed by atoms with Crippen LogP contribution in [0.1, 0.15) is 23.7 Å². The van der Waals surface area contributed by atoms with Crippen LogP contribution in [0.2, 0.25) is 0 Å². The molecule has 0 nitrogen and oxygen atoms in total. The largest absolute Gasteiger partial charge is 0.416 e. The first-order valence-electron chi connectivity index (χ1n) is 4.37. The van der Waals surface area contributed by atoms with E-state index in [-0.39, 0.29) is 12.0 Å². The fourth-order valence-corrected chi connectivity index (χ4v) is 1.16. The van der Waals surface area contributed by atoms with Crippen LogP contribution >= 0.6 is 0 Å². The fraction of sp³-hybridized carbons (Fsp3) is 0.273. The summed E-state index contributed by atoms with van der Waals surface area (Å²) < 4.78 is 49.7. The number of alkyl halides is 4. The molecule has 1 atom stereocenters. The van der Waals surface area contributed by atoms with Crippen molar-refractivity contribution in [3.8, 4) is 0 Å². The van der Waals surface area contributed by atoms with Gasteiger partial charge in [-0.1, -0.05) is 18.2 Å². The first-order chi connectivity index (χ1) is 6.95. The summed E-state index contributed by atoms with van der Waals surface area (Å²) in [6.45, 7) is 3.36. The first-order valence-corrected chi connectivity index (χ1v) is 4.37. The lowest BCUT2D eigenvalue weighted by Gasteiger charge is -2.09. The van der Waals surface area contributed by atoms with Crippen LogP contribution in [0, 0.1) is 0 Å². The predicted octanol–water partition coefficient (Wildman–Crippen LogP) is 4.29. The molecule has 0 radical (unpaired) electrons. The maximum atomic E-state index is 13.2. The molecular weight excluding hydrogens is 208 g/mol. The van der Waals surface area contributed by atoms with Crippen molar-refractivity contribution in [3.05, 3.63) is 48.0 Å². The molecule has 0 bridgehead atoms. The highest BCUT2D eigenvalue weighted by Crippen LogP contribution is 2.30. The lowest BCUT2D eigenvalue weighted by atomic mass is 10.1. The number of halogens is 4. The molecule has 0 unspecified atom stereocenters. The Morgan fingerprint density at radius 3 is 2.13 bits per heavy atom. The Kier molecular flexibility index (Phi) is 3.50. The number of hydrogen-bond donors (Lipinski definition) is 0. The maximum Gasteiger partial charge on any atom is 0.416 e. The summed E-state index contributed by atoms with van der Waals surface area (Å²) >= 11 is 0. The SMILES string of the molecule is C=CC[C@@H](F)c1ccc(C(F)(F)F)cc1. The van der Waals surface area contributed by atoms with E-state index in [0.717, 1.165) is 24.3 Å². The van der Waals surface area contributed by atoms with E-state index in [9.17, 15) is 17.6 Å². The van der Waals surface area contributed by atoms with Crippen LogP contribution in [0.25, 0.3) is 0 Å². The van der Waals surface area contributed by atoms with Crippen LogP contribution in [0.15, 0.2) is 36.9 Å². The van der Waals surface area contributed by atoms with Gasteiger partial charge in [0, 0.05) is 6.42 Å². The molecule has 15 heavy (non-hydrogen) atoms. The van der Waals surface area contributed by atoms with Gasteiger partial charge >= 0.3 is 6.18 Å². The lowest BCUT2D eigenvalue weighted by Crippen LogP contribution is -2.04. The highest BCUT2D eigenvalue weighted by atomic mass is 19.4. The Labute approximate surface area is 85.2 Å². The van der Waals surface area contributed by atoms with Gasteiger partial charge in [0.2, 0.25) is 0 Å². The maximum absolute atomic E-state index is 13.2. The second-order valence-corrected chi connectivity index (χ2v) is 3.11. The molecule has 0 aliphatic rings. The summed E-state index contributed by atoms with van der Waals surface area (Å²) in [5.74, 6) is 0. The average Bonchev–Trinajstić information content (AvgIpc) is 2.17. The van der Waals surface area contributed by atoms with Crippen molar-refractivity contribution in [1.29, 1.82) is 0 Å². The Morgan fingerprint density at radius 2 is 1.73 bits per heavy atom. The van der Waals surface area contributed by atoms with Gasteiger partial charge in [-0.05, 0) is 17.7 Å². The van der Waals surface area contributed by atoms with E-state index < -0.39 is 17.9 Å². The van der Waals surface area contributed by atoms with E-state index >= 15 is 0 Å². The van der Waals surface area contributed by atoms with E-state index in [1.54, 1.807) is 0 Å². The van der Waals surface area contributed by atoms with E-state index in [4.69, 9.17) is 0 Å². The molecular formula is C11H10F4. The van der Waals surface area contributed by atoms with Gasteiger partial charge in [0.15, 0.2) is 0 Å². The smallest absolute Gasteiger partial charge is 0.242 e. The minimum atomic E-state index is -4.37. The Morgan fingerprint density at radius 1 is 1.20 bits per heavy atom. The number of hydrogen-bond acceptors (Lipinski definition) is 0. The molecule has 0 aliphatic heterocycles. The first kappa shape index (κ1) is 11.8. The molecule has 0 aromatic heterocycles. The zero-order chi connectivity index (χ0) is 11.5. The third kappa shape index (κ3) is 3.08. The van der Waals surface area contributed by atoms with E-state index in [1.807, 2.05) is 0 Å². The van der Waals surface area contributed by atoms with Crippen molar-refractivity contribution in [2.75, 3.05) is 0 Å². The highest BCUT2D eigenvalue weighted by molar-refractivity contribution is 5.26. The molecule has 1 aromatic carbocycles. The third-order valence-corrected chi connectivity index (χ3v) is 1.97. The Bertz CT molecular complexity index is 323. The van der Waals surface area contributed by atoms with Crippen molar-refractivity contribution in [2.45, 2.75) is 18.8 Å². The van der Waals surface area contributed by atoms with Crippen LogP contribution in [-0.2, 0) is 6.18 Å². The van der Waals surface area contributed by atoms with Crippen molar-refractivity contribution in [2.24, 2.45) is 0 Å². The molecule has 0 spiro atoms. The second-order valence-electron chi connectivity index (χ2n) is 3.11. The van der Waals surface area contributed by atoms with Gasteiger partial charge in [-0.15, -0.1) is 6.58 Å². The van der Waals surface area contributed by atoms with Crippen molar-refractivity contribution in [1.82, 2.24) is 0 Å². The lowest BCUT2D eigenvalue weighted by molar-refractivity contribution is -0.137. The summed E-state index contributed by atoms with van der Waals surface area (Å²) in [6.07, 6.45) is -4.17. The number of rotatable bonds is 3. The standard InChI is InChI=1S/C11H10F4/c1-2-3-10(12)8-4-6-9(7-5-8)11(13,14)15/h2,4-7,10H,1,3H2/t10-/m1/s1. The van der Waals surface area contributed by atoms with Crippen LogP contribution in [0.4, 0.5) is 17.6 Å². The zero-order valence-electron chi connectivity index (χ0n) is 7.89. The zero-order valence-corrected chi connectivity index (χ0v) is 7.89. The van der Waals surface area contributed by atoms with Gasteiger partial charge < -0.3 is 0 Å². The third-order valence-electron chi connectivity index (χ3n) is 1.97. The summed E-state index contributed by atoms with van der Waals surface area (Å²) in [5.41, 5.74) is -0.528. The van der Waals surface area contributed by atoms with Crippen molar-refractivity contribution >= 4 is 0 Å². The summed E-state index contributed by atoms with van der Waals surface area (Å²) in [7, 11) is 0. The van der Waals surface area contributed by atoms with Crippen molar-refractivity contribution in [3.63, 3.8) is 0 Å². The minimum absolute atomic E-state index is 0.103. The normalized spacial score (nSPS) is 13.6. The molecule has 0 saturated carbocycles. The molecule has 0 fully saturated rings. The van der Waals surface area contributed by atoms with Crippen LogP contribution in [0.5, 0.6) is 0 Å². The molecule has 0 saturated heterocycles. The number of allylic oxidation sites excluding steroid dienone is 1. The van der Waals surface area contributed by atoms with Gasteiger partial charge in [-0.3, -0.25) is 0 Å². The molecule has 4 heteroatoms. The molecule has 0 aliphatic carbocycles. The fourth-order valence-electron chi connectivity index (χ4n) is 1.16. The molecule has 0 amide bonds. The summed E-state index contributed by atoms with van der Waals surface area (Å²) in [6, 6.07) is 4.06. The van der Waals surface area contributed by atoms with E-state index in [2.05, 4.69) is 6.58 Å². The van der Waals surface area contributed by atoms with E-state index in [1.165, 1.54) is 6.08 Å². The molecule has 82 valence electrons. The monoisotopic (exact) mass is 218 g/mol. The Hall–Kier alpha value is -1.32.